The Bertz CT molecular complexity index is 610. The summed E-state index contributed by atoms with van der Waals surface area (Å²) in [4.78, 5) is 1.96. The highest BCUT2D eigenvalue weighted by Crippen LogP contribution is 2.26. The Hall–Kier alpha value is -2.72. The molecule has 0 saturated carbocycles. The lowest BCUT2D eigenvalue weighted by molar-refractivity contribution is 0.426. The van der Waals surface area contributed by atoms with Gasteiger partial charge < -0.3 is 10.2 Å². The quantitative estimate of drug-likeness (QED) is 0.819. The van der Waals surface area contributed by atoms with Gasteiger partial charge in [-0.1, -0.05) is 30.3 Å². The maximum absolute atomic E-state index is 9.03. The number of nitrogens with one attached hydrogen (secondary N) is 1. The molecule has 1 heterocycles. The molecule has 0 bridgehead atoms. The van der Waals surface area contributed by atoms with Crippen LogP contribution in [0.3, 0.4) is 0 Å². The second kappa shape index (κ2) is 5.29. The van der Waals surface area contributed by atoms with Gasteiger partial charge in [0.25, 0.3) is 0 Å². The van der Waals surface area contributed by atoms with Crippen LogP contribution in [0, 0.1) is 22.7 Å². The van der Waals surface area contributed by atoms with Gasteiger partial charge in [-0.05, 0) is 19.4 Å². The summed E-state index contributed by atoms with van der Waals surface area (Å²) < 4.78 is 0. The summed E-state index contributed by atoms with van der Waals surface area (Å²) in [7, 11) is 0. The fourth-order valence-corrected chi connectivity index (χ4v) is 2.00. The van der Waals surface area contributed by atoms with Gasteiger partial charge in [0.15, 0.2) is 5.57 Å². The minimum Gasteiger partial charge on any atom is -0.342 e. The second-order valence-electron chi connectivity index (χ2n) is 4.35. The molecular formula is C15H14N4. The van der Waals surface area contributed by atoms with Crippen molar-refractivity contribution < 1.29 is 0 Å². The van der Waals surface area contributed by atoms with E-state index in [2.05, 4.69) is 5.32 Å². The van der Waals surface area contributed by atoms with E-state index in [1.165, 1.54) is 0 Å². The Morgan fingerprint density at radius 2 is 1.79 bits per heavy atom. The number of nitriles is 2. The molecule has 0 atom stereocenters. The Morgan fingerprint density at radius 3 is 2.37 bits per heavy atom. The summed E-state index contributed by atoms with van der Waals surface area (Å²) >= 11 is 0. The summed E-state index contributed by atoms with van der Waals surface area (Å²) in [5, 5.41) is 21.2. The minimum absolute atomic E-state index is 0.104. The van der Waals surface area contributed by atoms with Crippen LogP contribution in [0.15, 0.2) is 53.1 Å². The zero-order valence-corrected chi connectivity index (χ0v) is 10.9. The molecule has 0 spiro atoms. The van der Waals surface area contributed by atoms with E-state index >= 15 is 0 Å². The maximum Gasteiger partial charge on any atom is 0.170 e. The lowest BCUT2D eigenvalue weighted by Gasteiger charge is -2.21. The minimum atomic E-state index is 0.104. The van der Waals surface area contributed by atoms with Crippen molar-refractivity contribution >= 4 is 0 Å². The van der Waals surface area contributed by atoms with E-state index in [-0.39, 0.29) is 5.57 Å². The fraction of sp³-hybridized carbons (Fsp3) is 0.200. The SMILES string of the molecule is CC1=C(C)N(Cc2ccccc2)C(=C(C#N)C#N)N1. The van der Waals surface area contributed by atoms with E-state index < -0.39 is 0 Å². The molecule has 4 nitrogen and oxygen atoms in total. The molecule has 0 unspecified atom stereocenters. The zero-order valence-electron chi connectivity index (χ0n) is 10.9. The molecule has 0 fully saturated rings. The van der Waals surface area contributed by atoms with Crippen LogP contribution in [-0.4, -0.2) is 4.90 Å². The Morgan fingerprint density at radius 1 is 1.16 bits per heavy atom. The summed E-state index contributed by atoms with van der Waals surface area (Å²) in [6.45, 7) is 4.55. The summed E-state index contributed by atoms with van der Waals surface area (Å²) in [6.07, 6.45) is 0. The molecule has 94 valence electrons. The monoisotopic (exact) mass is 250 g/mol. The normalized spacial score (nSPS) is 13.9. The third-order valence-electron chi connectivity index (χ3n) is 3.17. The third kappa shape index (κ3) is 2.43. The van der Waals surface area contributed by atoms with Crippen molar-refractivity contribution in [3.05, 3.63) is 58.7 Å². The molecule has 0 aliphatic carbocycles. The van der Waals surface area contributed by atoms with Gasteiger partial charge in [0.05, 0.1) is 0 Å². The second-order valence-corrected chi connectivity index (χ2v) is 4.35. The van der Waals surface area contributed by atoms with Crippen LogP contribution in [0.2, 0.25) is 0 Å². The Kier molecular flexibility index (Phi) is 3.54. The smallest absolute Gasteiger partial charge is 0.170 e. The van der Waals surface area contributed by atoms with Crippen molar-refractivity contribution in [2.24, 2.45) is 0 Å². The number of hydrogen-bond donors (Lipinski definition) is 1. The molecule has 1 aliphatic heterocycles. The van der Waals surface area contributed by atoms with Crippen LogP contribution < -0.4 is 5.32 Å². The van der Waals surface area contributed by atoms with E-state index in [0.717, 1.165) is 17.0 Å². The van der Waals surface area contributed by atoms with Gasteiger partial charge in [-0.25, -0.2) is 0 Å². The Balaban J connectivity index is 2.38. The average molecular weight is 250 g/mol. The van der Waals surface area contributed by atoms with Gasteiger partial charge in [0.1, 0.15) is 18.0 Å². The fourth-order valence-electron chi connectivity index (χ4n) is 2.00. The molecule has 0 amide bonds. The number of allylic oxidation sites excluding steroid dienone is 3. The average Bonchev–Trinajstić information content (AvgIpc) is 2.70. The predicted octanol–water partition coefficient (Wildman–Crippen LogP) is 2.60. The topological polar surface area (TPSA) is 62.9 Å². The van der Waals surface area contributed by atoms with E-state index in [0.29, 0.717) is 12.4 Å². The number of hydrogen-bond acceptors (Lipinski definition) is 4. The summed E-state index contributed by atoms with van der Waals surface area (Å²) in [5.74, 6) is 0.573. The van der Waals surface area contributed by atoms with Gasteiger partial charge in [-0.15, -0.1) is 0 Å². The first kappa shape index (κ1) is 12.7. The largest absolute Gasteiger partial charge is 0.342 e. The highest BCUT2D eigenvalue weighted by Gasteiger charge is 2.24. The molecule has 1 aliphatic rings. The van der Waals surface area contributed by atoms with Crippen LogP contribution in [0.5, 0.6) is 0 Å². The van der Waals surface area contributed by atoms with Crippen LogP contribution in [0.25, 0.3) is 0 Å². The zero-order chi connectivity index (χ0) is 13.8. The van der Waals surface area contributed by atoms with Crippen molar-refractivity contribution in [3.63, 3.8) is 0 Å². The van der Waals surface area contributed by atoms with Crippen molar-refractivity contribution in [1.29, 1.82) is 10.5 Å². The van der Waals surface area contributed by atoms with Gasteiger partial charge >= 0.3 is 0 Å². The third-order valence-corrected chi connectivity index (χ3v) is 3.17. The molecule has 0 aromatic heterocycles. The molecule has 1 aromatic rings. The number of benzene rings is 1. The molecule has 2 rings (SSSR count). The van der Waals surface area contributed by atoms with E-state index in [1.54, 1.807) is 0 Å². The van der Waals surface area contributed by atoms with E-state index in [9.17, 15) is 0 Å². The molecule has 0 saturated heterocycles. The molecular weight excluding hydrogens is 236 g/mol. The highest BCUT2D eigenvalue weighted by molar-refractivity contribution is 5.44. The van der Waals surface area contributed by atoms with Crippen LogP contribution in [0.4, 0.5) is 0 Å². The van der Waals surface area contributed by atoms with Gasteiger partial charge in [0, 0.05) is 17.9 Å². The van der Waals surface area contributed by atoms with Gasteiger partial charge in [-0.3, -0.25) is 0 Å². The predicted molar refractivity (Wildman–Crippen MR) is 71.7 cm³/mol. The molecule has 19 heavy (non-hydrogen) atoms. The van der Waals surface area contributed by atoms with E-state index in [4.69, 9.17) is 10.5 Å². The first-order chi connectivity index (χ1) is 9.17. The van der Waals surface area contributed by atoms with Crippen molar-refractivity contribution in [3.8, 4) is 12.1 Å². The van der Waals surface area contributed by atoms with Crippen LogP contribution >= 0.6 is 0 Å². The van der Waals surface area contributed by atoms with Gasteiger partial charge in [0.2, 0.25) is 0 Å². The first-order valence-corrected chi connectivity index (χ1v) is 5.97. The highest BCUT2D eigenvalue weighted by atomic mass is 15.3. The van der Waals surface area contributed by atoms with Gasteiger partial charge in [-0.2, -0.15) is 10.5 Å². The maximum atomic E-state index is 9.03. The molecule has 1 aromatic carbocycles. The lowest BCUT2D eigenvalue weighted by Crippen LogP contribution is -2.22. The number of nitrogens with zero attached hydrogens (tertiary/aromatic N) is 3. The Labute approximate surface area is 112 Å². The van der Waals surface area contributed by atoms with Crippen LogP contribution in [0.1, 0.15) is 19.4 Å². The van der Waals surface area contributed by atoms with Crippen molar-refractivity contribution in [1.82, 2.24) is 10.2 Å². The van der Waals surface area contributed by atoms with E-state index in [1.807, 2.05) is 61.2 Å². The summed E-state index contributed by atoms with van der Waals surface area (Å²) in [5.41, 5.74) is 3.23. The summed E-state index contributed by atoms with van der Waals surface area (Å²) in [6, 6.07) is 13.8. The van der Waals surface area contributed by atoms with Crippen LogP contribution in [-0.2, 0) is 6.54 Å². The van der Waals surface area contributed by atoms with Crippen molar-refractivity contribution in [2.75, 3.05) is 0 Å². The number of rotatable bonds is 2. The standard InChI is InChI=1S/C15H14N4/c1-11-12(2)19(10-13-6-4-3-5-7-13)15(18-11)14(8-16)9-17/h3-7,18H,10H2,1-2H3. The lowest BCUT2D eigenvalue weighted by atomic mass is 10.2. The van der Waals surface area contributed by atoms with Crippen molar-refractivity contribution in [2.45, 2.75) is 20.4 Å². The first-order valence-electron chi connectivity index (χ1n) is 5.97. The molecule has 4 heteroatoms. The molecule has 1 N–H and O–H groups in total. The molecule has 0 radical (unpaired) electrons.